The zero-order chi connectivity index (χ0) is 14.4. The van der Waals surface area contributed by atoms with E-state index in [1.54, 1.807) is 25.2 Å². The lowest BCUT2D eigenvalue weighted by Gasteiger charge is -2.12. The summed E-state index contributed by atoms with van der Waals surface area (Å²) >= 11 is 6.00. The summed E-state index contributed by atoms with van der Waals surface area (Å²) in [4.78, 5) is 23.3. The smallest absolute Gasteiger partial charge is 0.252 e. The molecular weight excluding hydrogens is 301 g/mol. The lowest BCUT2D eigenvalue weighted by Crippen LogP contribution is -2.28. The Balaban J connectivity index is 0.00000361. The monoisotopic (exact) mass is 319 g/mol. The highest BCUT2D eigenvalue weighted by Gasteiger charge is 2.14. The summed E-state index contributed by atoms with van der Waals surface area (Å²) in [5, 5.41) is 8.50. The largest absolute Gasteiger partial charge is 0.355 e. The van der Waals surface area contributed by atoms with Gasteiger partial charge in [-0.3, -0.25) is 9.59 Å². The van der Waals surface area contributed by atoms with Crippen LogP contribution < -0.4 is 16.0 Å². The Kier molecular flexibility index (Phi) is 8.22. The lowest BCUT2D eigenvalue weighted by molar-refractivity contribution is -0.119. The minimum absolute atomic E-state index is 0. The minimum Gasteiger partial charge on any atom is -0.355 e. The minimum atomic E-state index is -0.258. The van der Waals surface area contributed by atoms with Crippen molar-refractivity contribution in [3.8, 4) is 0 Å². The van der Waals surface area contributed by atoms with E-state index in [0.29, 0.717) is 22.8 Å². The van der Waals surface area contributed by atoms with Crippen LogP contribution in [-0.2, 0) is 4.79 Å². The third-order valence-electron chi connectivity index (χ3n) is 2.67. The molecule has 0 saturated heterocycles. The Morgan fingerprint density at radius 1 is 1.30 bits per heavy atom. The quantitative estimate of drug-likeness (QED) is 0.776. The van der Waals surface area contributed by atoms with E-state index in [1.165, 1.54) is 7.05 Å². The summed E-state index contributed by atoms with van der Waals surface area (Å²) in [5.41, 5.74) is 0.955. The first-order chi connectivity index (χ1) is 8.99. The fraction of sp³-hybridized carbons (Fsp3) is 0.385. The summed E-state index contributed by atoms with van der Waals surface area (Å²) < 4.78 is 0. The molecule has 0 aliphatic rings. The Bertz CT molecular complexity index is 481. The van der Waals surface area contributed by atoms with Gasteiger partial charge in [0, 0.05) is 25.2 Å². The van der Waals surface area contributed by atoms with Crippen molar-refractivity contribution < 1.29 is 9.59 Å². The molecule has 0 saturated carbocycles. The summed E-state index contributed by atoms with van der Waals surface area (Å²) in [6, 6.07) is 4.80. The van der Waals surface area contributed by atoms with Gasteiger partial charge in [-0.25, -0.2) is 0 Å². The first-order valence-electron chi connectivity index (χ1n) is 5.96. The molecule has 0 aromatic heterocycles. The average molecular weight is 320 g/mol. The molecule has 1 atom stereocenters. The van der Waals surface area contributed by atoms with Crippen LogP contribution in [0, 0.1) is 5.92 Å². The van der Waals surface area contributed by atoms with Crippen LogP contribution in [0.25, 0.3) is 0 Å². The van der Waals surface area contributed by atoms with E-state index in [4.69, 9.17) is 11.6 Å². The zero-order valence-corrected chi connectivity index (χ0v) is 13.2. The molecule has 0 heterocycles. The van der Waals surface area contributed by atoms with Crippen molar-refractivity contribution in [1.82, 2.24) is 10.6 Å². The van der Waals surface area contributed by atoms with Crippen molar-refractivity contribution in [3.05, 3.63) is 28.8 Å². The van der Waals surface area contributed by atoms with Gasteiger partial charge in [0.2, 0.25) is 5.91 Å². The van der Waals surface area contributed by atoms with Gasteiger partial charge >= 0.3 is 0 Å². The molecular formula is C13H19Cl2N3O2. The maximum absolute atomic E-state index is 11.8. The molecule has 3 N–H and O–H groups in total. The van der Waals surface area contributed by atoms with Crippen LogP contribution in [0.1, 0.15) is 17.3 Å². The second-order valence-corrected chi connectivity index (χ2v) is 4.63. The number of benzene rings is 1. The van der Waals surface area contributed by atoms with Crippen molar-refractivity contribution in [2.75, 3.05) is 26.0 Å². The molecule has 1 aromatic carbocycles. The lowest BCUT2D eigenvalue weighted by atomic mass is 10.1. The maximum Gasteiger partial charge on any atom is 0.252 e. The van der Waals surface area contributed by atoms with Crippen LogP contribution in [0.5, 0.6) is 0 Å². The predicted octanol–water partition coefficient (Wildman–Crippen LogP) is 1.92. The molecule has 7 heteroatoms. The number of halogens is 2. The van der Waals surface area contributed by atoms with Gasteiger partial charge in [-0.05, 0) is 25.2 Å². The highest BCUT2D eigenvalue weighted by Crippen LogP contribution is 2.21. The average Bonchev–Trinajstić information content (AvgIpc) is 2.38. The molecule has 5 nitrogen and oxygen atoms in total. The SMILES string of the molecule is CNCC(C)C(=O)Nc1ccc(C(=O)NC)c(Cl)c1.Cl. The molecule has 1 aromatic rings. The molecule has 0 bridgehead atoms. The van der Waals surface area contributed by atoms with Crippen molar-refractivity contribution in [1.29, 1.82) is 0 Å². The van der Waals surface area contributed by atoms with Crippen LogP contribution in [0.3, 0.4) is 0 Å². The van der Waals surface area contributed by atoms with Crippen molar-refractivity contribution >= 4 is 41.5 Å². The van der Waals surface area contributed by atoms with E-state index in [2.05, 4.69) is 16.0 Å². The first-order valence-corrected chi connectivity index (χ1v) is 6.34. The van der Waals surface area contributed by atoms with Gasteiger partial charge in [0.25, 0.3) is 5.91 Å². The number of carbonyl (C=O) groups excluding carboxylic acids is 2. The number of rotatable bonds is 5. The van der Waals surface area contributed by atoms with Crippen molar-refractivity contribution in [2.24, 2.45) is 5.92 Å². The molecule has 0 radical (unpaired) electrons. The fourth-order valence-electron chi connectivity index (χ4n) is 1.58. The molecule has 112 valence electrons. The standard InChI is InChI=1S/C13H18ClN3O2.ClH/c1-8(7-15-2)12(18)17-9-4-5-10(11(14)6-9)13(19)16-3;/h4-6,8,15H,7H2,1-3H3,(H,16,19)(H,17,18);1H. The second-order valence-electron chi connectivity index (χ2n) is 4.22. The van der Waals surface area contributed by atoms with Gasteiger partial charge in [0.15, 0.2) is 0 Å². The Hall–Kier alpha value is -1.30. The molecule has 2 amide bonds. The number of amides is 2. The van der Waals surface area contributed by atoms with E-state index in [9.17, 15) is 9.59 Å². The summed E-state index contributed by atoms with van der Waals surface area (Å²) in [6.45, 7) is 2.42. The second kappa shape index (κ2) is 8.79. The van der Waals surface area contributed by atoms with Crippen LogP contribution in [-0.4, -0.2) is 32.5 Å². The number of carbonyl (C=O) groups is 2. The molecule has 1 unspecified atom stereocenters. The molecule has 1 rings (SSSR count). The van der Waals surface area contributed by atoms with E-state index in [1.807, 2.05) is 6.92 Å². The molecule has 0 aliphatic carbocycles. The Labute approximate surface area is 129 Å². The molecule has 0 aliphatic heterocycles. The summed E-state index contributed by atoms with van der Waals surface area (Å²) in [6.07, 6.45) is 0. The van der Waals surface area contributed by atoms with Crippen molar-refractivity contribution in [2.45, 2.75) is 6.92 Å². The number of hydrogen-bond donors (Lipinski definition) is 3. The summed E-state index contributed by atoms with van der Waals surface area (Å²) in [7, 11) is 3.33. The Morgan fingerprint density at radius 2 is 1.95 bits per heavy atom. The van der Waals surface area contributed by atoms with E-state index < -0.39 is 0 Å². The van der Waals surface area contributed by atoms with Crippen LogP contribution >= 0.6 is 24.0 Å². The topological polar surface area (TPSA) is 70.2 Å². The van der Waals surface area contributed by atoms with Gasteiger partial charge in [-0.2, -0.15) is 0 Å². The third-order valence-corrected chi connectivity index (χ3v) is 2.98. The van der Waals surface area contributed by atoms with Gasteiger partial charge < -0.3 is 16.0 Å². The van der Waals surface area contributed by atoms with Crippen LogP contribution in [0.2, 0.25) is 5.02 Å². The van der Waals surface area contributed by atoms with Crippen LogP contribution in [0.15, 0.2) is 18.2 Å². The first kappa shape index (κ1) is 18.7. The zero-order valence-electron chi connectivity index (χ0n) is 11.6. The van der Waals surface area contributed by atoms with Crippen LogP contribution in [0.4, 0.5) is 5.69 Å². The maximum atomic E-state index is 11.8. The number of hydrogen-bond acceptors (Lipinski definition) is 3. The predicted molar refractivity (Wildman–Crippen MR) is 83.8 cm³/mol. The number of nitrogens with one attached hydrogen (secondary N) is 3. The molecule has 0 fully saturated rings. The highest BCUT2D eigenvalue weighted by molar-refractivity contribution is 6.34. The normalized spacial score (nSPS) is 11.2. The molecule has 0 spiro atoms. The van der Waals surface area contributed by atoms with E-state index in [0.717, 1.165) is 0 Å². The van der Waals surface area contributed by atoms with Gasteiger partial charge in [0.1, 0.15) is 0 Å². The van der Waals surface area contributed by atoms with Gasteiger partial charge in [-0.1, -0.05) is 18.5 Å². The molecule has 20 heavy (non-hydrogen) atoms. The third kappa shape index (κ3) is 5.00. The van der Waals surface area contributed by atoms with Gasteiger partial charge in [-0.15, -0.1) is 12.4 Å². The van der Waals surface area contributed by atoms with Crippen molar-refractivity contribution in [3.63, 3.8) is 0 Å². The number of anilines is 1. The summed E-state index contributed by atoms with van der Waals surface area (Å²) in [5.74, 6) is -0.507. The Morgan fingerprint density at radius 3 is 2.45 bits per heavy atom. The van der Waals surface area contributed by atoms with E-state index >= 15 is 0 Å². The van der Waals surface area contributed by atoms with E-state index in [-0.39, 0.29) is 30.1 Å². The fourth-order valence-corrected chi connectivity index (χ4v) is 1.84. The highest BCUT2D eigenvalue weighted by atomic mass is 35.5. The van der Waals surface area contributed by atoms with Gasteiger partial charge in [0.05, 0.1) is 10.6 Å².